The third-order valence-corrected chi connectivity index (χ3v) is 12.8. The summed E-state index contributed by atoms with van der Waals surface area (Å²) in [5.74, 6) is 4.25. The zero-order valence-electron chi connectivity index (χ0n) is 47.0. The molecule has 2 aromatic carbocycles. The Balaban J connectivity index is 1.61. The zero-order valence-corrected chi connectivity index (χ0v) is 47.9. The molecule has 11 N–H and O–H groups in total. The summed E-state index contributed by atoms with van der Waals surface area (Å²) < 4.78 is 53.5. The Morgan fingerprint density at radius 2 is 1.10 bits per heavy atom. The predicted molar refractivity (Wildman–Crippen MR) is 299 cm³/mol. The molecule has 0 spiro atoms. The molecule has 27 nitrogen and oxygen atoms in total. The zero-order chi connectivity index (χ0) is 59.1. The number of nitrogens with one attached hydrogen (secondary N) is 6. The fraction of sp³-hybridized carbons (Fsp3) is 0.604. The maximum atomic E-state index is 14.0. The van der Waals surface area contributed by atoms with E-state index >= 15 is 0 Å². The van der Waals surface area contributed by atoms with Crippen molar-refractivity contribution in [1.29, 1.82) is 0 Å². The fourth-order valence-electron chi connectivity index (χ4n) is 7.79. The number of phosphoric acid groups is 1. The summed E-state index contributed by atoms with van der Waals surface area (Å²) in [6, 6.07) is 12.9. The van der Waals surface area contributed by atoms with Gasteiger partial charge in [0.2, 0.25) is 41.4 Å². The lowest BCUT2D eigenvalue weighted by Crippen LogP contribution is -2.51. The van der Waals surface area contributed by atoms with Gasteiger partial charge in [0, 0.05) is 84.1 Å². The molecule has 2 aromatic rings. The molecule has 0 saturated carbocycles. The van der Waals surface area contributed by atoms with Crippen molar-refractivity contribution in [3.63, 3.8) is 0 Å². The lowest BCUT2D eigenvalue weighted by Gasteiger charge is -2.33. The highest BCUT2D eigenvalue weighted by Gasteiger charge is 2.30. The number of fused-ring (bicyclic) bond motifs is 2. The van der Waals surface area contributed by atoms with Crippen LogP contribution in [-0.2, 0) is 82.1 Å². The van der Waals surface area contributed by atoms with Crippen LogP contribution in [0.3, 0.4) is 0 Å². The average molecular weight is 1170 g/mol. The van der Waals surface area contributed by atoms with Crippen LogP contribution in [-0.4, -0.2) is 190 Å². The summed E-state index contributed by atoms with van der Waals surface area (Å²) in [6.07, 6.45) is 2.28. The summed E-state index contributed by atoms with van der Waals surface area (Å²) in [4.78, 5) is 100. The number of phosphoric ester groups is 1. The van der Waals surface area contributed by atoms with Crippen LogP contribution in [0.2, 0.25) is 0 Å². The fourth-order valence-corrected chi connectivity index (χ4v) is 8.26. The van der Waals surface area contributed by atoms with Crippen molar-refractivity contribution in [3.8, 4) is 0 Å². The van der Waals surface area contributed by atoms with E-state index in [2.05, 4.69) is 36.4 Å². The second-order valence-corrected chi connectivity index (χ2v) is 19.8. The molecule has 0 bridgehead atoms. The summed E-state index contributed by atoms with van der Waals surface area (Å²) in [5, 5.41) is 17.5. The van der Waals surface area contributed by atoms with Gasteiger partial charge in [-0.05, 0) is 30.9 Å². The van der Waals surface area contributed by atoms with Crippen LogP contribution in [0.4, 0.5) is 5.69 Å². The molecule has 0 aliphatic carbocycles. The molecular formula is C53H85N10O17P. The minimum absolute atomic E-state index is 0.0683. The van der Waals surface area contributed by atoms with Crippen molar-refractivity contribution in [2.45, 2.75) is 77.8 Å². The van der Waals surface area contributed by atoms with Gasteiger partial charge in [0.25, 0.3) is 0 Å². The minimum atomic E-state index is -4.01. The summed E-state index contributed by atoms with van der Waals surface area (Å²) in [6.45, 7) is 7.52. The van der Waals surface area contributed by atoms with E-state index in [4.69, 9.17) is 44.5 Å². The molecule has 28 heteroatoms. The Morgan fingerprint density at radius 1 is 0.605 bits per heavy atom. The third kappa shape index (κ3) is 30.0. The monoisotopic (exact) mass is 1160 g/mol. The second kappa shape index (κ2) is 41.0. The van der Waals surface area contributed by atoms with Crippen molar-refractivity contribution in [3.05, 3.63) is 65.2 Å². The van der Waals surface area contributed by atoms with Crippen LogP contribution >= 0.6 is 7.82 Å². The van der Waals surface area contributed by atoms with Gasteiger partial charge < -0.3 is 75.8 Å². The van der Waals surface area contributed by atoms with Crippen molar-refractivity contribution >= 4 is 66.3 Å². The van der Waals surface area contributed by atoms with Gasteiger partial charge in [-0.25, -0.2) is 10.4 Å². The van der Waals surface area contributed by atoms with Crippen LogP contribution in [0.25, 0.3) is 11.4 Å². The Hall–Kier alpha value is -6.10. The molecule has 7 amide bonds. The Bertz CT molecular complexity index is 2330. The van der Waals surface area contributed by atoms with Crippen LogP contribution < -0.4 is 48.4 Å². The number of para-hydroxylation sites is 1. The van der Waals surface area contributed by atoms with Gasteiger partial charge in [0.15, 0.2) is 0 Å². The molecule has 3 rings (SSSR count). The van der Waals surface area contributed by atoms with Gasteiger partial charge in [-0.3, -0.25) is 47.6 Å². The molecule has 81 heavy (non-hydrogen) atoms. The highest BCUT2D eigenvalue weighted by Crippen LogP contribution is 2.42. The highest BCUT2D eigenvalue weighted by atomic mass is 31.2. The van der Waals surface area contributed by atoms with Crippen molar-refractivity contribution in [2.24, 2.45) is 11.6 Å². The van der Waals surface area contributed by atoms with Gasteiger partial charge in [0.05, 0.1) is 110 Å². The maximum Gasteiger partial charge on any atom is 0.471 e. The number of hydrogen-bond acceptors (Lipinski definition) is 19. The van der Waals surface area contributed by atoms with Crippen LogP contribution in [0, 0.1) is 0 Å². The smallest absolute Gasteiger partial charge is 0.396 e. The number of ether oxygens (including phenoxy) is 6. The molecule has 454 valence electrons. The minimum Gasteiger partial charge on any atom is -0.396 e. The van der Waals surface area contributed by atoms with Crippen molar-refractivity contribution < 1.29 is 80.5 Å². The van der Waals surface area contributed by atoms with E-state index in [-0.39, 0.29) is 126 Å². The number of hydrazine groups is 1. The molecule has 1 aliphatic heterocycles. The summed E-state index contributed by atoms with van der Waals surface area (Å²) in [7, 11) is -2.92. The Kier molecular flexibility index (Phi) is 35.0. The van der Waals surface area contributed by atoms with Crippen LogP contribution in [0.15, 0.2) is 48.5 Å². The van der Waals surface area contributed by atoms with Crippen LogP contribution in [0.5, 0.6) is 0 Å². The first-order valence-corrected chi connectivity index (χ1v) is 28.6. The highest BCUT2D eigenvalue weighted by molar-refractivity contribution is 7.47. The quantitative estimate of drug-likeness (QED) is 0.0190. The average Bonchev–Trinajstić information content (AvgIpc) is 3.58. The van der Waals surface area contributed by atoms with Gasteiger partial charge >= 0.3 is 7.82 Å². The Morgan fingerprint density at radius 3 is 1.68 bits per heavy atom. The second-order valence-electron chi connectivity index (χ2n) is 18.2. The normalized spacial score (nSPS) is 14.0. The largest absolute Gasteiger partial charge is 0.471 e. The number of carbonyl (C=O) groups is 7. The van der Waals surface area contributed by atoms with Gasteiger partial charge in [-0.2, -0.15) is 0 Å². The van der Waals surface area contributed by atoms with E-state index in [1.165, 1.54) is 18.9 Å². The molecule has 0 fully saturated rings. The number of amides is 7. The van der Waals surface area contributed by atoms with Crippen molar-refractivity contribution in [2.75, 3.05) is 137 Å². The number of carbonyl (C=O) groups excluding carboxylic acids is 7. The number of hydrogen-bond donors (Lipinski definition) is 9. The molecule has 0 radical (unpaired) electrons. The van der Waals surface area contributed by atoms with E-state index < -0.39 is 32.2 Å². The van der Waals surface area contributed by atoms with Gasteiger partial charge in [0.1, 0.15) is 12.6 Å². The maximum absolute atomic E-state index is 14.0. The van der Waals surface area contributed by atoms with E-state index in [0.717, 1.165) is 13.5 Å². The molecule has 2 atom stereocenters. The van der Waals surface area contributed by atoms with E-state index in [0.29, 0.717) is 108 Å². The molecule has 2 unspecified atom stereocenters. The predicted octanol–water partition coefficient (Wildman–Crippen LogP) is 0.583. The topological polar surface area (TPSA) is 361 Å². The SMILES string of the molecule is COP(=O)(O)OCCCCCCNC(=O)CCC(=O)N1Cc2ccccc2/C(N(N)CC(=O)NC(CCC(=O)NCCOCCOCCOCCNC(C)=O)C(=O)NCCOCCOCCOCCNC(C)=O)=C(/N)c2ccccc21. The third-order valence-electron chi connectivity index (χ3n) is 11.8. The lowest BCUT2D eigenvalue weighted by molar-refractivity contribution is -0.130. The van der Waals surface area contributed by atoms with E-state index in [1.54, 1.807) is 53.4 Å². The molecule has 1 heterocycles. The molecule has 0 aromatic heterocycles. The van der Waals surface area contributed by atoms with Crippen LogP contribution in [0.1, 0.15) is 81.9 Å². The van der Waals surface area contributed by atoms with E-state index in [1.807, 2.05) is 0 Å². The number of benzene rings is 2. The standard InChI is InChI=1S/C53H85N10O17P/c1-40(64)56-21-26-74-30-34-78-36-32-76-28-23-59-47(66)17-16-45(53(70)60-24-29-77-33-37-79-35-31-75-27-22-57-41(2)65)61-49(68)39-63(55)52-43-13-7-6-12-42(43)38-62(46-15-9-8-14-44(46)51(52)54)50(69)19-18-48(67)58-20-10-4-5-11-25-80-81(71,72)73-3/h6-9,12-15,45H,4-5,10-11,16-39,54-55H2,1-3H3,(H,56,64)(H,57,65)(H,58,67)(H,59,66)(H,60,70)(H,61,68)(H,71,72)/b52-51-. The number of rotatable bonds is 44. The van der Waals surface area contributed by atoms with Gasteiger partial charge in [-0.1, -0.05) is 55.3 Å². The van der Waals surface area contributed by atoms with E-state index in [9.17, 15) is 43.0 Å². The number of nitrogens with zero attached hydrogens (tertiary/aromatic N) is 2. The lowest BCUT2D eigenvalue weighted by atomic mass is 9.95. The number of nitrogens with two attached hydrogens (primary N) is 2. The summed E-state index contributed by atoms with van der Waals surface area (Å²) in [5.41, 5.74) is 9.49. The first kappa shape index (κ1) is 69.2. The van der Waals surface area contributed by atoms with Crippen molar-refractivity contribution in [1.82, 2.24) is 36.9 Å². The molecule has 0 saturated heterocycles. The molecule has 1 aliphatic rings. The summed E-state index contributed by atoms with van der Waals surface area (Å²) >= 11 is 0. The molecular weight excluding hydrogens is 1080 g/mol. The van der Waals surface area contributed by atoms with Gasteiger partial charge in [-0.15, -0.1) is 0 Å². The number of unbranched alkanes of at least 4 members (excludes halogenated alkanes) is 3. The Labute approximate surface area is 474 Å². The first-order chi connectivity index (χ1) is 39.0. The number of anilines is 1. The first-order valence-electron chi connectivity index (χ1n) is 27.1.